The summed E-state index contributed by atoms with van der Waals surface area (Å²) in [6, 6.07) is 19.9. The maximum absolute atomic E-state index is 13.0. The Morgan fingerprint density at radius 1 is 0.436 bits per heavy atom. The normalized spacial score (nSPS) is 10.6. The molecule has 3 aromatic carbocycles. The smallest absolute Gasteiger partial charge is 0.857 e. The summed E-state index contributed by atoms with van der Waals surface area (Å²) in [7, 11) is -3.88. The van der Waals surface area contributed by atoms with Crippen LogP contribution in [0.1, 0.15) is 0 Å². The summed E-state index contributed by atoms with van der Waals surface area (Å²) < 4.78 is 39.1. The molecule has 0 amide bonds. The Labute approximate surface area is 260 Å². The average molecular weight is 816 g/mol. The van der Waals surface area contributed by atoms with Crippen LogP contribution in [0.2, 0.25) is 58.9 Å². The van der Waals surface area contributed by atoms with Gasteiger partial charge in [0.25, 0.3) is 0 Å². The number of hydrogen-bond donors (Lipinski definition) is 0. The van der Waals surface area contributed by atoms with E-state index in [-0.39, 0.29) is 48.6 Å². The van der Waals surface area contributed by atoms with Gasteiger partial charge >= 0.3 is 31.1 Å². The molecule has 0 saturated heterocycles. The quantitative estimate of drug-likeness (QED) is 0.229. The van der Waals surface area contributed by atoms with Crippen molar-refractivity contribution in [3.8, 4) is 0 Å². The van der Waals surface area contributed by atoms with E-state index in [9.17, 15) is 13.2 Å². The van der Waals surface area contributed by atoms with Gasteiger partial charge in [0.15, 0.2) is 0 Å². The SMILES string of the molecule is C[O-].C[Si](C)(C)[N-]c1ccccc1F.C[Si](C)(C)[N-]c1ccccc1F.C[Si](C)(C)[N-]c1ccccc1F.[U+4]. The molecule has 0 fully saturated rings. The van der Waals surface area contributed by atoms with Crippen LogP contribution in [0.3, 0.4) is 0 Å². The minimum Gasteiger partial charge on any atom is -0.857 e. The molecule has 0 spiro atoms. The predicted octanol–water partition coefficient (Wildman–Crippen LogP) is 9.97. The van der Waals surface area contributed by atoms with E-state index in [0.717, 1.165) is 7.11 Å². The summed E-state index contributed by atoms with van der Waals surface area (Å²) in [6.07, 6.45) is 0. The summed E-state index contributed by atoms with van der Waals surface area (Å²) in [6.45, 7) is 18.7. The van der Waals surface area contributed by atoms with Gasteiger partial charge in [-0.25, -0.2) is 13.2 Å². The van der Waals surface area contributed by atoms with Crippen LogP contribution >= 0.6 is 0 Å². The molecule has 3 aromatic rings. The number of hydrogen-bond acceptors (Lipinski definition) is 1. The third kappa shape index (κ3) is 20.1. The van der Waals surface area contributed by atoms with Crippen molar-refractivity contribution in [2.45, 2.75) is 58.9 Å². The van der Waals surface area contributed by atoms with Gasteiger partial charge in [0.1, 0.15) is 17.5 Å². The summed E-state index contributed by atoms with van der Waals surface area (Å²) >= 11 is 0. The van der Waals surface area contributed by atoms with E-state index in [1.54, 1.807) is 36.4 Å². The molecule has 0 aliphatic heterocycles. The van der Waals surface area contributed by atoms with Gasteiger partial charge in [-0.2, -0.15) is 7.11 Å². The first-order valence-electron chi connectivity index (χ1n) is 12.3. The molecule has 212 valence electrons. The zero-order chi connectivity index (χ0) is 29.6. The zero-order valence-corrected chi connectivity index (χ0v) is 32.0. The van der Waals surface area contributed by atoms with E-state index >= 15 is 0 Å². The molecule has 39 heavy (non-hydrogen) atoms. The van der Waals surface area contributed by atoms with Gasteiger partial charge in [0.05, 0.1) is 0 Å². The zero-order valence-electron chi connectivity index (χ0n) is 24.8. The van der Waals surface area contributed by atoms with Crippen LogP contribution in [0, 0.1) is 48.6 Å². The molecule has 0 aliphatic carbocycles. The van der Waals surface area contributed by atoms with Crippen LogP contribution in [-0.2, 0) is 0 Å². The van der Waals surface area contributed by atoms with E-state index in [1.165, 1.54) is 18.2 Å². The Kier molecular flexibility index (Phi) is 19.1. The van der Waals surface area contributed by atoms with Gasteiger partial charge < -0.3 is 20.1 Å². The van der Waals surface area contributed by atoms with Crippen LogP contribution in [0.4, 0.5) is 30.2 Å². The molecule has 0 unspecified atom stereocenters. The van der Waals surface area contributed by atoms with Crippen molar-refractivity contribution in [1.82, 2.24) is 0 Å². The van der Waals surface area contributed by atoms with Crippen molar-refractivity contribution in [1.29, 1.82) is 0 Å². The van der Waals surface area contributed by atoms with Crippen LogP contribution < -0.4 is 5.11 Å². The van der Waals surface area contributed by atoms with Crippen molar-refractivity contribution < 1.29 is 49.4 Å². The Hall–Kier alpha value is -1.49. The van der Waals surface area contributed by atoms with Gasteiger partial charge in [-0.3, -0.25) is 0 Å². The summed E-state index contributed by atoms with van der Waals surface area (Å²) in [5.41, 5.74) is 1.49. The van der Waals surface area contributed by atoms with Gasteiger partial charge in [-0.05, 0) is 42.9 Å². The topological polar surface area (TPSA) is 65.4 Å². The fraction of sp³-hybridized carbons (Fsp3) is 0.357. The summed E-state index contributed by atoms with van der Waals surface area (Å²) in [5, 5.41) is 8.25. The van der Waals surface area contributed by atoms with Crippen LogP contribution in [0.25, 0.3) is 14.9 Å². The molecule has 0 aromatic heterocycles. The second-order valence-electron chi connectivity index (χ2n) is 11.2. The molecule has 0 heterocycles. The largest absolute Gasteiger partial charge is 4.00 e. The van der Waals surface area contributed by atoms with Crippen molar-refractivity contribution in [3.05, 3.63) is 105 Å². The Morgan fingerprint density at radius 2 is 0.615 bits per heavy atom. The molecule has 0 radical (unpaired) electrons. The third-order valence-electron chi connectivity index (χ3n) is 3.92. The Bertz CT molecular complexity index is 953. The number of halogens is 3. The van der Waals surface area contributed by atoms with Crippen molar-refractivity contribution in [2.24, 2.45) is 0 Å². The van der Waals surface area contributed by atoms with E-state index < -0.39 is 24.7 Å². The molecule has 4 nitrogen and oxygen atoms in total. The number of rotatable bonds is 6. The first-order valence-corrected chi connectivity index (χ1v) is 22.6. The van der Waals surface area contributed by atoms with Crippen molar-refractivity contribution >= 4 is 41.8 Å². The van der Waals surface area contributed by atoms with Gasteiger partial charge in [0, 0.05) is 0 Å². The summed E-state index contributed by atoms with van der Waals surface area (Å²) in [4.78, 5) is 13.1. The minimum absolute atomic E-state index is 0. The molecule has 0 aliphatic rings. The van der Waals surface area contributed by atoms with Crippen molar-refractivity contribution in [2.75, 3.05) is 7.11 Å². The standard InChI is InChI=1S/3C9H13FNSi.CH3O.U/c3*1-12(2,3)11-9-7-5-4-6-8(9)10;1-2;/h3*4-7H,1-3H3;1H3;/q4*-1;+4. The molecule has 11 heteroatoms. The minimum atomic E-state index is -1.54. The van der Waals surface area contributed by atoms with E-state index in [1.807, 2.05) is 18.2 Å². The third-order valence-corrected chi connectivity index (χ3v) is 6.66. The summed E-state index contributed by atoms with van der Waals surface area (Å²) in [5.74, 6) is -0.667. The van der Waals surface area contributed by atoms with Gasteiger partial charge in [0.2, 0.25) is 0 Å². The maximum atomic E-state index is 13.0. The van der Waals surface area contributed by atoms with Crippen LogP contribution in [0.15, 0.2) is 72.8 Å². The second-order valence-corrected chi connectivity index (χ2v) is 24.9. The van der Waals surface area contributed by atoms with E-state index in [4.69, 9.17) is 5.11 Å². The average Bonchev–Trinajstić information content (AvgIpc) is 2.78. The van der Waals surface area contributed by atoms with E-state index in [2.05, 4.69) is 73.9 Å². The molecular formula is C28H42F3N3OSi3U. The van der Waals surface area contributed by atoms with Crippen LogP contribution in [0.5, 0.6) is 0 Å². The molecule has 0 N–H and O–H groups in total. The molecular weight excluding hydrogens is 774 g/mol. The van der Waals surface area contributed by atoms with Crippen LogP contribution in [-0.4, -0.2) is 31.8 Å². The van der Waals surface area contributed by atoms with Gasteiger partial charge in [-0.15, -0.1) is 17.1 Å². The fourth-order valence-electron chi connectivity index (χ4n) is 2.71. The second kappa shape index (κ2) is 18.8. The first-order chi connectivity index (χ1) is 17.5. The number of benzene rings is 3. The monoisotopic (exact) mass is 815 g/mol. The Balaban J connectivity index is 0. The fourth-order valence-corrected chi connectivity index (χ4v) is 5.42. The molecule has 0 bridgehead atoms. The van der Waals surface area contributed by atoms with Crippen molar-refractivity contribution in [3.63, 3.8) is 0 Å². The number of nitrogens with zero attached hydrogens (tertiary/aromatic N) is 3. The molecule has 0 atom stereocenters. The van der Waals surface area contributed by atoms with Gasteiger partial charge in [-0.1, -0.05) is 114 Å². The molecule has 3 rings (SSSR count). The Morgan fingerprint density at radius 3 is 0.769 bits per heavy atom. The maximum Gasteiger partial charge on any atom is 4.00 e. The predicted molar refractivity (Wildman–Crippen MR) is 164 cm³/mol. The first kappa shape index (κ1) is 39.7. The molecule has 0 saturated carbocycles. The van der Waals surface area contributed by atoms with E-state index in [0.29, 0.717) is 17.1 Å².